The summed E-state index contributed by atoms with van der Waals surface area (Å²) in [4.78, 5) is 30.9. The Morgan fingerprint density at radius 3 is 1.86 bits per heavy atom. The molecule has 0 bridgehead atoms. The van der Waals surface area contributed by atoms with E-state index in [1.807, 2.05) is 34.6 Å². The van der Waals surface area contributed by atoms with E-state index < -0.39 is 11.3 Å². The molecule has 1 rings (SSSR count). The third kappa shape index (κ3) is 15.0. The van der Waals surface area contributed by atoms with E-state index in [0.717, 1.165) is 25.9 Å². The number of rotatable bonds is 19. The number of unbranched alkanes of at least 4 members (excludes halogenated alkanes) is 12. The summed E-state index contributed by atoms with van der Waals surface area (Å²) < 4.78 is 17.3. The first kappa shape index (κ1) is 33.6. The highest BCUT2D eigenvalue weighted by Gasteiger charge is 2.45. The average Bonchev–Trinajstić information content (AvgIpc) is 3.13. The first-order valence-corrected chi connectivity index (χ1v) is 14.5. The third-order valence-corrected chi connectivity index (χ3v) is 6.78. The van der Waals surface area contributed by atoms with Crippen LogP contribution in [0.1, 0.15) is 125 Å². The van der Waals surface area contributed by atoms with Crippen molar-refractivity contribution in [2.24, 2.45) is 0 Å². The fourth-order valence-corrected chi connectivity index (χ4v) is 4.59. The molecular formula is C29H56N2O6. The molecule has 1 heterocycles. The number of carbonyl (C=O) groups excluding carboxylic acids is 2. The highest BCUT2D eigenvalue weighted by molar-refractivity contribution is 5.74. The van der Waals surface area contributed by atoms with Gasteiger partial charge in [0.05, 0.1) is 26.4 Å². The van der Waals surface area contributed by atoms with Gasteiger partial charge in [-0.2, -0.15) is 0 Å². The molecule has 0 saturated carbocycles. The smallest absolute Gasteiger partial charge is 0.412 e. The lowest BCUT2D eigenvalue weighted by atomic mass is 10.0. The normalized spacial score (nSPS) is 17.3. The number of nitrogens with zero attached hydrogens (tertiary/aromatic N) is 2. The molecule has 0 aromatic carbocycles. The van der Waals surface area contributed by atoms with Crippen LogP contribution in [0.2, 0.25) is 0 Å². The van der Waals surface area contributed by atoms with Crippen molar-refractivity contribution in [3.05, 3.63) is 0 Å². The molecule has 1 atom stereocenters. The van der Waals surface area contributed by atoms with Crippen LogP contribution in [0, 0.1) is 0 Å². The Hall–Kier alpha value is -1.38. The van der Waals surface area contributed by atoms with E-state index in [-0.39, 0.29) is 18.0 Å². The fourth-order valence-electron chi connectivity index (χ4n) is 4.59. The summed E-state index contributed by atoms with van der Waals surface area (Å²) in [5, 5.41) is 1.31. The molecule has 8 heteroatoms. The van der Waals surface area contributed by atoms with Crippen LogP contribution in [0.25, 0.3) is 0 Å². The van der Waals surface area contributed by atoms with Gasteiger partial charge in [-0.3, -0.25) is 14.5 Å². The van der Waals surface area contributed by atoms with Gasteiger partial charge in [0.15, 0.2) is 0 Å². The standard InChI is InChI=1S/C29H56N2O6/c1-28(2,3)37-27(33)31-25(24-36-29(31,4)5)23-35-22-20-18-16-14-12-10-8-9-11-13-15-17-19-21-26(32)30(6)34-7/h25H,8-24H2,1-7H3/t25-/m0/s1. The van der Waals surface area contributed by atoms with Crippen LogP contribution < -0.4 is 0 Å². The van der Waals surface area contributed by atoms with Gasteiger partial charge in [0.2, 0.25) is 5.91 Å². The van der Waals surface area contributed by atoms with Crippen molar-refractivity contribution in [1.29, 1.82) is 0 Å². The summed E-state index contributed by atoms with van der Waals surface area (Å²) in [6, 6.07) is -0.114. The minimum atomic E-state index is -0.681. The van der Waals surface area contributed by atoms with E-state index in [0.29, 0.717) is 19.6 Å². The fraction of sp³-hybridized carbons (Fsp3) is 0.931. The molecule has 0 aromatic rings. The second kappa shape index (κ2) is 18.0. The molecule has 1 fully saturated rings. The van der Waals surface area contributed by atoms with Crippen molar-refractivity contribution in [2.75, 3.05) is 34.0 Å². The monoisotopic (exact) mass is 528 g/mol. The van der Waals surface area contributed by atoms with E-state index in [1.54, 1.807) is 11.9 Å². The lowest BCUT2D eigenvalue weighted by Gasteiger charge is -2.35. The van der Waals surface area contributed by atoms with Gasteiger partial charge in [-0.1, -0.05) is 70.6 Å². The van der Waals surface area contributed by atoms with Crippen LogP contribution >= 0.6 is 0 Å². The first-order chi connectivity index (χ1) is 17.5. The molecule has 0 aromatic heterocycles. The zero-order chi connectivity index (χ0) is 27.7. The van der Waals surface area contributed by atoms with E-state index in [1.165, 1.54) is 76.4 Å². The van der Waals surface area contributed by atoms with Crippen LogP contribution in [-0.2, 0) is 23.8 Å². The third-order valence-electron chi connectivity index (χ3n) is 6.78. The van der Waals surface area contributed by atoms with Gasteiger partial charge in [-0.25, -0.2) is 9.86 Å². The number of hydrogen-bond acceptors (Lipinski definition) is 6. The lowest BCUT2D eigenvalue weighted by Crippen LogP contribution is -2.51. The van der Waals surface area contributed by atoms with Crippen LogP contribution in [0.3, 0.4) is 0 Å². The first-order valence-electron chi connectivity index (χ1n) is 14.5. The van der Waals surface area contributed by atoms with Gasteiger partial charge in [0, 0.05) is 20.1 Å². The zero-order valence-electron chi connectivity index (χ0n) is 24.9. The van der Waals surface area contributed by atoms with Crippen molar-refractivity contribution in [1.82, 2.24) is 9.96 Å². The van der Waals surface area contributed by atoms with E-state index in [2.05, 4.69) is 0 Å². The molecular weight excluding hydrogens is 472 g/mol. The number of hydroxylamine groups is 2. The second-order valence-electron chi connectivity index (χ2n) is 11.8. The Bertz CT molecular complexity index is 634. The van der Waals surface area contributed by atoms with E-state index in [9.17, 15) is 9.59 Å². The van der Waals surface area contributed by atoms with E-state index in [4.69, 9.17) is 19.0 Å². The van der Waals surface area contributed by atoms with Gasteiger partial charge in [0.25, 0.3) is 0 Å². The summed E-state index contributed by atoms with van der Waals surface area (Å²) in [6.45, 7) is 11.1. The number of hydrogen-bond donors (Lipinski definition) is 0. The second-order valence-corrected chi connectivity index (χ2v) is 11.8. The van der Waals surface area contributed by atoms with Crippen LogP contribution in [0.4, 0.5) is 4.79 Å². The molecule has 1 saturated heterocycles. The van der Waals surface area contributed by atoms with Gasteiger partial charge in [0.1, 0.15) is 11.3 Å². The maximum Gasteiger partial charge on any atom is 0.412 e. The predicted molar refractivity (Wildman–Crippen MR) is 147 cm³/mol. The maximum absolute atomic E-state index is 12.7. The Morgan fingerprint density at radius 2 is 1.38 bits per heavy atom. The Morgan fingerprint density at radius 1 is 0.892 bits per heavy atom. The Kier molecular flexibility index (Phi) is 16.4. The molecule has 8 nitrogen and oxygen atoms in total. The lowest BCUT2D eigenvalue weighted by molar-refractivity contribution is -0.168. The molecule has 1 aliphatic rings. The van der Waals surface area contributed by atoms with Crippen molar-refractivity contribution < 1.29 is 28.6 Å². The molecule has 0 spiro atoms. The summed E-state index contributed by atoms with van der Waals surface area (Å²) in [5.74, 6) is 0.0601. The largest absolute Gasteiger partial charge is 0.444 e. The maximum atomic E-state index is 12.7. The summed E-state index contributed by atoms with van der Waals surface area (Å²) in [6.07, 6.45) is 16.2. The van der Waals surface area contributed by atoms with Crippen LogP contribution in [0.15, 0.2) is 0 Å². The summed E-state index contributed by atoms with van der Waals surface area (Å²) in [7, 11) is 3.18. The summed E-state index contributed by atoms with van der Waals surface area (Å²) in [5.41, 5.74) is -1.22. The molecule has 0 radical (unpaired) electrons. The molecule has 218 valence electrons. The SMILES string of the molecule is CON(C)C(=O)CCCCCCCCCCCCCCCOC[C@H]1COC(C)(C)N1C(=O)OC(C)(C)C. The Labute approximate surface area is 226 Å². The van der Waals surface area contributed by atoms with Gasteiger partial charge in [-0.15, -0.1) is 0 Å². The molecule has 2 amide bonds. The average molecular weight is 529 g/mol. The minimum absolute atomic E-state index is 0.0601. The van der Waals surface area contributed by atoms with Crippen molar-refractivity contribution in [2.45, 2.75) is 142 Å². The molecule has 0 unspecified atom stereocenters. The van der Waals surface area contributed by atoms with Crippen LogP contribution in [0.5, 0.6) is 0 Å². The van der Waals surface area contributed by atoms with Crippen LogP contribution in [-0.4, -0.2) is 73.3 Å². The highest BCUT2D eigenvalue weighted by atomic mass is 16.7. The van der Waals surface area contributed by atoms with Crippen molar-refractivity contribution in [3.63, 3.8) is 0 Å². The number of amides is 2. The number of ether oxygens (including phenoxy) is 3. The van der Waals surface area contributed by atoms with Crippen molar-refractivity contribution >= 4 is 12.0 Å². The van der Waals surface area contributed by atoms with Gasteiger partial charge < -0.3 is 14.2 Å². The predicted octanol–water partition coefficient (Wildman–Crippen LogP) is 6.86. The topological polar surface area (TPSA) is 77.5 Å². The van der Waals surface area contributed by atoms with Gasteiger partial charge >= 0.3 is 6.09 Å². The summed E-state index contributed by atoms with van der Waals surface area (Å²) >= 11 is 0. The molecule has 0 aliphatic carbocycles. The van der Waals surface area contributed by atoms with Gasteiger partial charge in [-0.05, 0) is 47.5 Å². The number of carbonyl (C=O) groups is 2. The Balaban J connectivity index is 1.95. The van der Waals surface area contributed by atoms with Crippen molar-refractivity contribution in [3.8, 4) is 0 Å². The minimum Gasteiger partial charge on any atom is -0.444 e. The molecule has 0 N–H and O–H groups in total. The molecule has 1 aliphatic heterocycles. The zero-order valence-corrected chi connectivity index (χ0v) is 24.9. The highest BCUT2D eigenvalue weighted by Crippen LogP contribution is 2.29. The molecule has 37 heavy (non-hydrogen) atoms. The quantitative estimate of drug-likeness (QED) is 0.135. The van der Waals surface area contributed by atoms with E-state index >= 15 is 0 Å².